The van der Waals surface area contributed by atoms with Gasteiger partial charge in [-0.3, -0.25) is 14.5 Å². The lowest BCUT2D eigenvalue weighted by Gasteiger charge is -2.26. The summed E-state index contributed by atoms with van der Waals surface area (Å²) in [4.78, 5) is 28.3. The van der Waals surface area contributed by atoms with Crippen LogP contribution in [0.2, 0.25) is 0 Å². The Bertz CT molecular complexity index is 1200. The minimum atomic E-state index is -0.152. The highest BCUT2D eigenvalue weighted by atomic mass is 32.2. The van der Waals surface area contributed by atoms with Crippen LogP contribution in [0.4, 0.5) is 10.7 Å². The number of fused-ring (bicyclic) bond motifs is 1. The molecule has 1 aliphatic heterocycles. The molecule has 0 atom stereocenters. The number of nitrogens with one attached hydrogen (secondary N) is 2. The van der Waals surface area contributed by atoms with Crippen molar-refractivity contribution in [1.29, 1.82) is 5.26 Å². The number of carbonyl (C=O) groups is 2. The fourth-order valence-corrected chi connectivity index (χ4v) is 5.83. The van der Waals surface area contributed by atoms with Gasteiger partial charge in [-0.15, -0.1) is 23.1 Å². The fourth-order valence-electron chi connectivity index (χ4n) is 3.82. The van der Waals surface area contributed by atoms with E-state index in [4.69, 9.17) is 0 Å². The standard InChI is InChI=1S/C25H24N4O2S2/c1-17(30)27-19-8-5-9-20(12-19)32-16-24(31)28-25-22(13-26)21-10-11-29(15-23(21)33-25)14-18-6-3-2-4-7-18/h2-9,12H,10-11,14-16H2,1H3,(H,27,30)(H,28,31). The predicted molar refractivity (Wildman–Crippen MR) is 133 cm³/mol. The lowest BCUT2D eigenvalue weighted by Crippen LogP contribution is -2.29. The van der Waals surface area contributed by atoms with Crippen LogP contribution in [0.25, 0.3) is 0 Å². The quantitative estimate of drug-likeness (QED) is 0.476. The number of amides is 2. The van der Waals surface area contributed by atoms with Gasteiger partial charge in [-0.2, -0.15) is 5.26 Å². The Labute approximate surface area is 201 Å². The Hall–Kier alpha value is -3.12. The van der Waals surface area contributed by atoms with Gasteiger partial charge in [0.1, 0.15) is 11.1 Å². The smallest absolute Gasteiger partial charge is 0.235 e. The second-order valence-corrected chi connectivity index (χ2v) is 9.97. The van der Waals surface area contributed by atoms with Crippen LogP contribution in [0.3, 0.4) is 0 Å². The van der Waals surface area contributed by atoms with Crippen LogP contribution in [0.15, 0.2) is 59.5 Å². The average Bonchev–Trinajstić information content (AvgIpc) is 3.14. The second kappa shape index (κ2) is 10.7. The maximum atomic E-state index is 12.6. The Morgan fingerprint density at radius 1 is 1.15 bits per heavy atom. The van der Waals surface area contributed by atoms with Crippen LogP contribution < -0.4 is 10.6 Å². The highest BCUT2D eigenvalue weighted by Gasteiger charge is 2.25. The largest absolute Gasteiger partial charge is 0.326 e. The summed E-state index contributed by atoms with van der Waals surface area (Å²) in [5.41, 5.74) is 3.63. The zero-order valence-electron chi connectivity index (χ0n) is 18.3. The third kappa shape index (κ3) is 6.02. The van der Waals surface area contributed by atoms with Crippen LogP contribution in [-0.4, -0.2) is 29.0 Å². The summed E-state index contributed by atoms with van der Waals surface area (Å²) < 4.78 is 0. The number of hydrogen-bond donors (Lipinski definition) is 2. The Kier molecular flexibility index (Phi) is 7.45. The molecular weight excluding hydrogens is 452 g/mol. The Morgan fingerprint density at radius 3 is 2.73 bits per heavy atom. The van der Waals surface area contributed by atoms with Gasteiger partial charge in [-0.05, 0) is 35.7 Å². The molecule has 0 saturated carbocycles. The molecule has 8 heteroatoms. The minimum absolute atomic E-state index is 0.136. The van der Waals surface area contributed by atoms with Crippen molar-refractivity contribution in [1.82, 2.24) is 4.90 Å². The van der Waals surface area contributed by atoms with Crippen molar-refractivity contribution in [3.05, 3.63) is 76.2 Å². The van der Waals surface area contributed by atoms with E-state index in [1.54, 1.807) is 0 Å². The number of nitrogens with zero attached hydrogens (tertiary/aromatic N) is 2. The molecule has 6 nitrogen and oxygen atoms in total. The zero-order chi connectivity index (χ0) is 23.2. The molecule has 0 aliphatic carbocycles. The SMILES string of the molecule is CC(=O)Nc1cccc(SCC(=O)Nc2sc3c(c2C#N)CCN(Cc2ccccc2)C3)c1. The first-order chi connectivity index (χ1) is 16.0. The first kappa shape index (κ1) is 23.1. The molecule has 2 N–H and O–H groups in total. The van der Waals surface area contributed by atoms with Crippen molar-refractivity contribution in [3.8, 4) is 6.07 Å². The van der Waals surface area contributed by atoms with E-state index in [1.807, 2.05) is 42.5 Å². The van der Waals surface area contributed by atoms with E-state index in [9.17, 15) is 14.9 Å². The van der Waals surface area contributed by atoms with Gasteiger partial charge in [0.05, 0.1) is 11.3 Å². The molecule has 1 aliphatic rings. The third-order valence-electron chi connectivity index (χ3n) is 5.27. The van der Waals surface area contributed by atoms with Crippen LogP contribution in [0.1, 0.15) is 28.5 Å². The van der Waals surface area contributed by atoms with Crippen molar-refractivity contribution in [2.24, 2.45) is 0 Å². The van der Waals surface area contributed by atoms with Crippen molar-refractivity contribution >= 4 is 45.6 Å². The topological polar surface area (TPSA) is 85.2 Å². The van der Waals surface area contributed by atoms with E-state index in [0.29, 0.717) is 16.3 Å². The van der Waals surface area contributed by atoms with Gasteiger partial charge in [0.25, 0.3) is 0 Å². The molecule has 2 aromatic carbocycles. The zero-order valence-corrected chi connectivity index (χ0v) is 19.9. The summed E-state index contributed by atoms with van der Waals surface area (Å²) in [5.74, 6) is -0.0685. The first-order valence-electron chi connectivity index (χ1n) is 10.6. The van der Waals surface area contributed by atoms with E-state index in [0.717, 1.165) is 41.4 Å². The lowest BCUT2D eigenvalue weighted by atomic mass is 10.0. The molecule has 0 fully saturated rings. The van der Waals surface area contributed by atoms with E-state index < -0.39 is 0 Å². The molecule has 4 rings (SSSR count). The maximum absolute atomic E-state index is 12.6. The summed E-state index contributed by atoms with van der Waals surface area (Å²) in [5, 5.41) is 16.1. The number of benzene rings is 2. The highest BCUT2D eigenvalue weighted by Crippen LogP contribution is 2.37. The Balaban J connectivity index is 1.38. The van der Waals surface area contributed by atoms with Gasteiger partial charge < -0.3 is 10.6 Å². The second-order valence-electron chi connectivity index (χ2n) is 7.81. The van der Waals surface area contributed by atoms with Gasteiger partial charge in [-0.1, -0.05) is 36.4 Å². The molecular formula is C25H24N4O2S2. The van der Waals surface area contributed by atoms with E-state index in [2.05, 4.69) is 33.7 Å². The molecule has 2 heterocycles. The molecule has 33 heavy (non-hydrogen) atoms. The van der Waals surface area contributed by atoms with Gasteiger partial charge >= 0.3 is 0 Å². The van der Waals surface area contributed by atoms with Crippen LogP contribution in [0, 0.1) is 11.3 Å². The van der Waals surface area contributed by atoms with Gasteiger partial charge in [0, 0.05) is 42.0 Å². The van der Waals surface area contributed by atoms with Crippen LogP contribution in [0.5, 0.6) is 0 Å². The summed E-state index contributed by atoms with van der Waals surface area (Å²) in [6, 6.07) is 20.0. The summed E-state index contributed by atoms with van der Waals surface area (Å²) >= 11 is 2.90. The molecule has 0 saturated heterocycles. The molecule has 3 aromatic rings. The molecule has 0 unspecified atom stereocenters. The fraction of sp³-hybridized carbons (Fsp3) is 0.240. The maximum Gasteiger partial charge on any atom is 0.235 e. The number of anilines is 2. The number of thiophene rings is 1. The predicted octanol–water partition coefficient (Wildman–Crippen LogP) is 4.87. The normalized spacial score (nSPS) is 13.1. The van der Waals surface area contributed by atoms with Gasteiger partial charge in [0.2, 0.25) is 11.8 Å². The molecule has 0 bridgehead atoms. The van der Waals surface area contributed by atoms with Crippen molar-refractivity contribution in [3.63, 3.8) is 0 Å². The van der Waals surface area contributed by atoms with Crippen molar-refractivity contribution in [2.45, 2.75) is 31.3 Å². The van der Waals surface area contributed by atoms with Crippen LogP contribution in [-0.2, 0) is 29.1 Å². The molecule has 1 aromatic heterocycles. The number of hydrogen-bond acceptors (Lipinski definition) is 6. The highest BCUT2D eigenvalue weighted by molar-refractivity contribution is 8.00. The Morgan fingerprint density at radius 2 is 1.97 bits per heavy atom. The third-order valence-corrected chi connectivity index (χ3v) is 7.40. The molecule has 2 amide bonds. The summed E-state index contributed by atoms with van der Waals surface area (Å²) in [7, 11) is 0. The average molecular weight is 477 g/mol. The molecule has 0 radical (unpaired) electrons. The van der Waals surface area contributed by atoms with Crippen LogP contribution >= 0.6 is 23.1 Å². The van der Waals surface area contributed by atoms with Gasteiger partial charge in [-0.25, -0.2) is 0 Å². The van der Waals surface area contributed by atoms with E-state index in [-0.39, 0.29) is 17.6 Å². The summed E-state index contributed by atoms with van der Waals surface area (Å²) in [6.07, 6.45) is 0.808. The summed E-state index contributed by atoms with van der Waals surface area (Å²) in [6.45, 7) is 4.00. The number of nitriles is 1. The number of rotatable bonds is 7. The number of carbonyl (C=O) groups excluding carboxylic acids is 2. The van der Waals surface area contributed by atoms with E-state index >= 15 is 0 Å². The van der Waals surface area contributed by atoms with Crippen molar-refractivity contribution in [2.75, 3.05) is 22.9 Å². The number of thioether (sulfide) groups is 1. The molecule has 168 valence electrons. The monoisotopic (exact) mass is 476 g/mol. The van der Waals surface area contributed by atoms with Crippen molar-refractivity contribution < 1.29 is 9.59 Å². The first-order valence-corrected chi connectivity index (χ1v) is 12.4. The van der Waals surface area contributed by atoms with E-state index in [1.165, 1.54) is 35.6 Å². The lowest BCUT2D eigenvalue weighted by molar-refractivity contribution is -0.114. The van der Waals surface area contributed by atoms with Gasteiger partial charge in [0.15, 0.2) is 0 Å². The minimum Gasteiger partial charge on any atom is -0.326 e. The molecule has 0 spiro atoms.